The monoisotopic (exact) mass is 447 g/mol. The Morgan fingerprint density at radius 3 is 2.21 bits per heavy atom. The van der Waals surface area contributed by atoms with Gasteiger partial charge in [-0.25, -0.2) is 0 Å². The van der Waals surface area contributed by atoms with Crippen LogP contribution >= 0.6 is 0 Å². The van der Waals surface area contributed by atoms with E-state index < -0.39 is 5.54 Å². The van der Waals surface area contributed by atoms with Gasteiger partial charge in [-0.15, -0.1) is 0 Å². The SMILES string of the molecule is O=C(C(Cc1ccccc1)N1CCC2(CC1)C(=O)NCN2c1ccccc1)N1CCNCC1. The molecule has 0 radical (unpaired) electrons. The van der Waals surface area contributed by atoms with Crippen LogP contribution in [0.1, 0.15) is 18.4 Å². The van der Waals surface area contributed by atoms with Crippen molar-refractivity contribution in [2.45, 2.75) is 30.8 Å². The van der Waals surface area contributed by atoms with Crippen LogP contribution in [0.2, 0.25) is 0 Å². The largest absolute Gasteiger partial charge is 0.339 e. The Kier molecular flexibility index (Phi) is 6.33. The predicted molar refractivity (Wildman–Crippen MR) is 129 cm³/mol. The van der Waals surface area contributed by atoms with E-state index in [4.69, 9.17) is 0 Å². The number of carbonyl (C=O) groups is 2. The molecule has 2 aromatic rings. The number of para-hydroxylation sites is 1. The number of carbonyl (C=O) groups excluding carboxylic acids is 2. The normalized spacial score (nSPS) is 21.8. The van der Waals surface area contributed by atoms with Crippen LogP contribution < -0.4 is 15.5 Å². The zero-order chi connectivity index (χ0) is 22.7. The van der Waals surface area contributed by atoms with Gasteiger partial charge in [0.2, 0.25) is 11.8 Å². The fourth-order valence-electron chi connectivity index (χ4n) is 5.54. The van der Waals surface area contributed by atoms with Crippen LogP contribution in [0.4, 0.5) is 5.69 Å². The zero-order valence-corrected chi connectivity index (χ0v) is 19.1. The van der Waals surface area contributed by atoms with Gasteiger partial charge in [0.05, 0.1) is 12.7 Å². The Morgan fingerprint density at radius 1 is 0.909 bits per heavy atom. The Hall–Kier alpha value is -2.90. The zero-order valence-electron chi connectivity index (χ0n) is 19.1. The third kappa shape index (κ3) is 4.35. The molecule has 3 fully saturated rings. The Labute approximate surface area is 195 Å². The maximum absolute atomic E-state index is 13.6. The van der Waals surface area contributed by atoms with Crippen LogP contribution in [-0.4, -0.2) is 79.1 Å². The van der Waals surface area contributed by atoms with Gasteiger partial charge in [-0.3, -0.25) is 14.5 Å². The Bertz CT molecular complexity index is 953. The van der Waals surface area contributed by atoms with Crippen molar-refractivity contribution in [3.63, 3.8) is 0 Å². The van der Waals surface area contributed by atoms with Gasteiger partial charge in [-0.1, -0.05) is 48.5 Å². The van der Waals surface area contributed by atoms with Crippen LogP contribution in [0.25, 0.3) is 0 Å². The fraction of sp³-hybridized carbons (Fsp3) is 0.462. The molecule has 7 heteroatoms. The van der Waals surface area contributed by atoms with E-state index in [9.17, 15) is 9.59 Å². The van der Waals surface area contributed by atoms with Crippen molar-refractivity contribution in [3.05, 3.63) is 66.2 Å². The lowest BCUT2D eigenvalue weighted by molar-refractivity contribution is -0.138. The molecular weight excluding hydrogens is 414 g/mol. The molecule has 0 saturated carbocycles. The predicted octanol–water partition coefficient (Wildman–Crippen LogP) is 1.46. The fourth-order valence-corrected chi connectivity index (χ4v) is 5.54. The number of hydrogen-bond acceptors (Lipinski definition) is 5. The highest BCUT2D eigenvalue weighted by Gasteiger charge is 2.51. The number of nitrogens with zero attached hydrogens (tertiary/aromatic N) is 3. The van der Waals surface area contributed by atoms with Gasteiger partial charge in [0.1, 0.15) is 5.54 Å². The maximum atomic E-state index is 13.6. The summed E-state index contributed by atoms with van der Waals surface area (Å²) in [6.07, 6.45) is 2.13. The number of piperazine rings is 1. The summed E-state index contributed by atoms with van der Waals surface area (Å²) in [7, 11) is 0. The molecule has 0 aromatic heterocycles. The van der Waals surface area contributed by atoms with E-state index >= 15 is 0 Å². The van der Waals surface area contributed by atoms with Gasteiger partial charge in [-0.05, 0) is 37.0 Å². The molecule has 174 valence electrons. The summed E-state index contributed by atoms with van der Waals surface area (Å²) in [6.45, 7) is 5.20. The minimum Gasteiger partial charge on any atom is -0.339 e. The smallest absolute Gasteiger partial charge is 0.247 e. The second kappa shape index (κ2) is 9.53. The standard InChI is InChI=1S/C26H33N5O2/c32-24(30-17-13-27-14-18-30)23(19-21-7-3-1-4-8-21)29-15-11-26(12-16-29)25(33)28-20-31(26)22-9-5-2-6-10-22/h1-10,23,27H,11-20H2,(H,28,33). The molecule has 1 atom stereocenters. The van der Waals surface area contributed by atoms with Crippen molar-refractivity contribution in [3.8, 4) is 0 Å². The van der Waals surface area contributed by atoms with E-state index in [1.165, 1.54) is 5.56 Å². The van der Waals surface area contributed by atoms with Crippen molar-refractivity contribution in [2.24, 2.45) is 0 Å². The Morgan fingerprint density at radius 2 is 1.55 bits per heavy atom. The van der Waals surface area contributed by atoms with Crippen molar-refractivity contribution in [1.29, 1.82) is 0 Å². The molecule has 3 aliphatic heterocycles. The summed E-state index contributed by atoms with van der Waals surface area (Å²) < 4.78 is 0. The molecule has 33 heavy (non-hydrogen) atoms. The third-order valence-electron chi connectivity index (χ3n) is 7.46. The van der Waals surface area contributed by atoms with Crippen LogP contribution in [0, 0.1) is 0 Å². The van der Waals surface area contributed by atoms with Crippen molar-refractivity contribution in [2.75, 3.05) is 50.8 Å². The molecule has 3 saturated heterocycles. The van der Waals surface area contributed by atoms with E-state index in [-0.39, 0.29) is 17.9 Å². The summed E-state index contributed by atoms with van der Waals surface area (Å²) in [5.41, 5.74) is 1.71. The number of benzene rings is 2. The molecule has 0 bridgehead atoms. The number of amides is 2. The molecule has 2 N–H and O–H groups in total. The first-order valence-corrected chi connectivity index (χ1v) is 12.1. The summed E-state index contributed by atoms with van der Waals surface area (Å²) in [4.78, 5) is 33.2. The second-order valence-electron chi connectivity index (χ2n) is 9.28. The highest BCUT2D eigenvalue weighted by atomic mass is 16.2. The summed E-state index contributed by atoms with van der Waals surface area (Å²) in [5.74, 6) is 0.325. The van der Waals surface area contributed by atoms with E-state index in [1.54, 1.807) is 0 Å². The van der Waals surface area contributed by atoms with Gasteiger partial charge in [0, 0.05) is 45.0 Å². The van der Waals surface area contributed by atoms with Crippen molar-refractivity contribution < 1.29 is 9.59 Å². The van der Waals surface area contributed by atoms with Crippen LogP contribution in [0.5, 0.6) is 0 Å². The first kappa shape index (κ1) is 21.9. The highest BCUT2D eigenvalue weighted by Crippen LogP contribution is 2.37. The van der Waals surface area contributed by atoms with Crippen LogP contribution in [0.3, 0.4) is 0 Å². The number of nitrogens with one attached hydrogen (secondary N) is 2. The quantitative estimate of drug-likeness (QED) is 0.727. The number of likely N-dealkylation sites (tertiary alicyclic amines) is 1. The first-order valence-electron chi connectivity index (χ1n) is 12.1. The lowest BCUT2D eigenvalue weighted by atomic mass is 9.84. The topological polar surface area (TPSA) is 67.9 Å². The van der Waals surface area contributed by atoms with E-state index in [1.807, 2.05) is 41.3 Å². The summed E-state index contributed by atoms with van der Waals surface area (Å²) >= 11 is 0. The van der Waals surface area contributed by atoms with Crippen molar-refractivity contribution in [1.82, 2.24) is 20.4 Å². The third-order valence-corrected chi connectivity index (χ3v) is 7.46. The first-order chi connectivity index (χ1) is 16.2. The van der Waals surface area contributed by atoms with E-state index in [2.05, 4.69) is 44.7 Å². The van der Waals surface area contributed by atoms with Gasteiger partial charge in [-0.2, -0.15) is 0 Å². The minimum absolute atomic E-state index is 0.110. The maximum Gasteiger partial charge on any atom is 0.247 e. The van der Waals surface area contributed by atoms with E-state index in [0.29, 0.717) is 25.9 Å². The number of rotatable bonds is 5. The minimum atomic E-state index is -0.534. The van der Waals surface area contributed by atoms with Crippen molar-refractivity contribution >= 4 is 17.5 Å². The number of anilines is 1. The molecule has 7 nitrogen and oxygen atoms in total. The average molecular weight is 448 g/mol. The lowest BCUT2D eigenvalue weighted by Crippen LogP contribution is -2.61. The lowest BCUT2D eigenvalue weighted by Gasteiger charge is -2.46. The summed E-state index contributed by atoms with van der Waals surface area (Å²) in [5, 5.41) is 6.41. The number of piperidine rings is 1. The van der Waals surface area contributed by atoms with Gasteiger partial charge >= 0.3 is 0 Å². The molecule has 2 aromatic carbocycles. The second-order valence-corrected chi connectivity index (χ2v) is 9.28. The van der Waals surface area contributed by atoms with E-state index in [0.717, 1.165) is 45.0 Å². The summed E-state index contributed by atoms with van der Waals surface area (Å²) in [6, 6.07) is 20.3. The number of hydrogen-bond donors (Lipinski definition) is 2. The van der Waals surface area contributed by atoms with Gasteiger partial charge in [0.15, 0.2) is 0 Å². The molecule has 0 aliphatic carbocycles. The molecular formula is C26H33N5O2. The molecule has 5 rings (SSSR count). The molecule has 1 spiro atoms. The molecule has 2 amide bonds. The molecule has 3 aliphatic rings. The molecule has 3 heterocycles. The van der Waals surface area contributed by atoms with Crippen LogP contribution in [0.15, 0.2) is 60.7 Å². The highest BCUT2D eigenvalue weighted by molar-refractivity contribution is 5.93. The average Bonchev–Trinajstić information content (AvgIpc) is 3.19. The van der Waals surface area contributed by atoms with Gasteiger partial charge < -0.3 is 20.4 Å². The van der Waals surface area contributed by atoms with Gasteiger partial charge in [0.25, 0.3) is 0 Å². The van der Waals surface area contributed by atoms with Crippen LogP contribution in [-0.2, 0) is 16.0 Å². The Balaban J connectivity index is 1.35. The molecule has 1 unspecified atom stereocenters.